The molecule has 0 bridgehead atoms. The van der Waals surface area contributed by atoms with Crippen LogP contribution in [0.3, 0.4) is 0 Å². The van der Waals surface area contributed by atoms with Crippen LogP contribution >= 0.6 is 0 Å². The van der Waals surface area contributed by atoms with E-state index in [1.807, 2.05) is 16.3 Å². The lowest BCUT2D eigenvalue weighted by atomic mass is 9.97. The van der Waals surface area contributed by atoms with E-state index in [9.17, 15) is 18.0 Å². The second-order valence-electron chi connectivity index (χ2n) is 6.45. The number of H-pyrrole nitrogens is 1. The Balaban J connectivity index is 1.62. The average Bonchev–Trinajstić information content (AvgIpc) is 3.14. The topological polar surface area (TPSA) is 99.7 Å². The van der Waals surface area contributed by atoms with Crippen LogP contribution in [0, 0.1) is 5.92 Å². The van der Waals surface area contributed by atoms with E-state index in [0.717, 1.165) is 10.8 Å². The van der Waals surface area contributed by atoms with Gasteiger partial charge in [0.15, 0.2) is 11.3 Å². The highest BCUT2D eigenvalue weighted by Crippen LogP contribution is 2.31. The fourth-order valence-electron chi connectivity index (χ4n) is 3.38. The fraction of sp³-hybridized carbons (Fsp3) is 0.438. The lowest BCUT2D eigenvalue weighted by Crippen LogP contribution is -2.45. The maximum absolute atomic E-state index is 12.4. The summed E-state index contributed by atoms with van der Waals surface area (Å²) >= 11 is 0. The van der Waals surface area contributed by atoms with Crippen molar-refractivity contribution in [2.24, 2.45) is 5.92 Å². The van der Waals surface area contributed by atoms with Crippen LogP contribution in [0.4, 0.5) is 19.0 Å². The van der Waals surface area contributed by atoms with E-state index in [0.29, 0.717) is 36.5 Å². The Morgan fingerprint density at radius 3 is 3.00 bits per heavy atom. The maximum atomic E-state index is 12.4. The standard InChI is InChI=1S/C16H16F3N7O/c17-16(18,19)7-21-15(27)9-2-1-5-26(6-9)14-11-10-3-4-20-12(10)24-25-13(11)22-8-23-14/h3-4,8-9H,1-2,5-7H2,(H,21,27)(H,22,23,25). The molecule has 0 aliphatic carbocycles. The molecule has 0 spiro atoms. The minimum absolute atomic E-state index is 0.285. The number of nitrogens with zero attached hydrogens (tertiary/aromatic N) is 5. The van der Waals surface area contributed by atoms with E-state index in [1.54, 1.807) is 6.20 Å². The third kappa shape index (κ3) is 3.49. The third-order valence-electron chi connectivity index (χ3n) is 4.60. The van der Waals surface area contributed by atoms with Gasteiger partial charge in [0, 0.05) is 24.7 Å². The number of rotatable bonds is 3. The summed E-state index contributed by atoms with van der Waals surface area (Å²) in [5.41, 5.74) is 1.02. The Kier molecular flexibility index (Phi) is 4.28. The number of carbonyl (C=O) groups is 1. The summed E-state index contributed by atoms with van der Waals surface area (Å²) in [6, 6.07) is 1.81. The summed E-state index contributed by atoms with van der Waals surface area (Å²) in [5.74, 6) is -0.515. The van der Waals surface area contributed by atoms with Gasteiger partial charge in [-0.1, -0.05) is 0 Å². The molecule has 1 fully saturated rings. The molecule has 0 saturated carbocycles. The third-order valence-corrected chi connectivity index (χ3v) is 4.60. The maximum Gasteiger partial charge on any atom is 0.405 e. The smallest absolute Gasteiger partial charge is 0.355 e. The quantitative estimate of drug-likeness (QED) is 0.720. The number of halogens is 3. The number of fused-ring (bicyclic) bond motifs is 3. The first-order valence-corrected chi connectivity index (χ1v) is 8.46. The van der Waals surface area contributed by atoms with Crippen molar-refractivity contribution in [2.75, 3.05) is 24.5 Å². The van der Waals surface area contributed by atoms with Gasteiger partial charge in [0.1, 0.15) is 12.4 Å². The zero-order valence-corrected chi connectivity index (χ0v) is 14.1. The van der Waals surface area contributed by atoms with Crippen LogP contribution in [0.15, 0.2) is 18.6 Å². The summed E-state index contributed by atoms with van der Waals surface area (Å²) in [7, 11) is 0. The number of carbonyl (C=O) groups excluding carboxylic acids is 1. The largest absolute Gasteiger partial charge is 0.405 e. The first-order chi connectivity index (χ1) is 12.9. The van der Waals surface area contributed by atoms with Crippen LogP contribution in [0.1, 0.15) is 12.8 Å². The minimum atomic E-state index is -4.42. The molecule has 2 N–H and O–H groups in total. The Morgan fingerprint density at radius 2 is 2.19 bits per heavy atom. The second-order valence-corrected chi connectivity index (χ2v) is 6.45. The number of aromatic nitrogens is 5. The lowest BCUT2D eigenvalue weighted by molar-refractivity contribution is -0.140. The summed E-state index contributed by atoms with van der Waals surface area (Å²) in [5, 5.41) is 11.6. The van der Waals surface area contributed by atoms with E-state index in [-0.39, 0.29) is 6.54 Å². The Morgan fingerprint density at radius 1 is 1.33 bits per heavy atom. The molecule has 1 aliphatic rings. The molecule has 0 aromatic carbocycles. The van der Waals surface area contributed by atoms with Crippen LogP contribution in [-0.2, 0) is 4.79 Å². The fourth-order valence-corrected chi connectivity index (χ4v) is 3.38. The molecule has 11 heteroatoms. The predicted molar refractivity (Wildman–Crippen MR) is 91.0 cm³/mol. The van der Waals surface area contributed by atoms with Gasteiger partial charge in [-0.3, -0.25) is 4.79 Å². The highest BCUT2D eigenvalue weighted by molar-refractivity contribution is 6.07. The van der Waals surface area contributed by atoms with E-state index in [1.165, 1.54) is 6.33 Å². The highest BCUT2D eigenvalue weighted by Gasteiger charge is 2.32. The van der Waals surface area contributed by atoms with E-state index < -0.39 is 24.5 Å². The molecular weight excluding hydrogens is 363 g/mol. The first-order valence-electron chi connectivity index (χ1n) is 8.46. The number of nitrogens with one attached hydrogen (secondary N) is 2. The van der Waals surface area contributed by atoms with Crippen molar-refractivity contribution in [1.82, 2.24) is 30.5 Å². The van der Waals surface area contributed by atoms with Gasteiger partial charge in [-0.2, -0.15) is 13.2 Å². The van der Waals surface area contributed by atoms with Crippen LogP contribution in [-0.4, -0.2) is 56.9 Å². The summed E-state index contributed by atoms with van der Waals surface area (Å²) in [6.07, 6.45) is -0.107. The molecule has 27 heavy (non-hydrogen) atoms. The molecule has 142 valence electrons. The van der Waals surface area contributed by atoms with Crippen LogP contribution in [0.5, 0.6) is 0 Å². The summed E-state index contributed by atoms with van der Waals surface area (Å²) < 4.78 is 37.1. The molecule has 1 atom stereocenters. The number of piperidine rings is 1. The molecule has 1 saturated heterocycles. The number of hydrogen-bond donors (Lipinski definition) is 2. The average molecular weight is 379 g/mol. The van der Waals surface area contributed by atoms with Gasteiger partial charge in [0.05, 0.1) is 17.6 Å². The molecule has 8 nitrogen and oxygen atoms in total. The summed E-state index contributed by atoms with van der Waals surface area (Å²) in [6.45, 7) is -0.389. The van der Waals surface area contributed by atoms with Crippen molar-refractivity contribution < 1.29 is 18.0 Å². The lowest BCUT2D eigenvalue weighted by Gasteiger charge is -2.33. The molecule has 4 heterocycles. The van der Waals surface area contributed by atoms with Crippen LogP contribution < -0.4 is 10.2 Å². The van der Waals surface area contributed by atoms with Gasteiger partial charge in [-0.25, -0.2) is 9.97 Å². The molecule has 3 aromatic rings. The van der Waals surface area contributed by atoms with Gasteiger partial charge < -0.3 is 15.2 Å². The van der Waals surface area contributed by atoms with Crippen molar-refractivity contribution in [3.8, 4) is 0 Å². The number of aromatic amines is 1. The summed E-state index contributed by atoms with van der Waals surface area (Å²) in [4.78, 5) is 25.6. The Labute approximate surface area is 151 Å². The van der Waals surface area contributed by atoms with E-state index >= 15 is 0 Å². The number of amides is 1. The van der Waals surface area contributed by atoms with Gasteiger partial charge in [-0.15, -0.1) is 10.2 Å². The zero-order valence-electron chi connectivity index (χ0n) is 14.1. The molecule has 1 aliphatic heterocycles. The number of hydrogen-bond acceptors (Lipinski definition) is 6. The minimum Gasteiger partial charge on any atom is -0.355 e. The van der Waals surface area contributed by atoms with Crippen molar-refractivity contribution in [3.63, 3.8) is 0 Å². The van der Waals surface area contributed by atoms with Crippen molar-refractivity contribution in [3.05, 3.63) is 18.6 Å². The number of anilines is 1. The van der Waals surface area contributed by atoms with E-state index in [2.05, 4.69) is 25.1 Å². The van der Waals surface area contributed by atoms with E-state index in [4.69, 9.17) is 0 Å². The molecule has 0 radical (unpaired) electrons. The molecule has 4 rings (SSSR count). The number of alkyl halides is 3. The predicted octanol–water partition coefficient (Wildman–Crippen LogP) is 1.80. The normalized spacial score (nSPS) is 18.2. The molecular formula is C16H16F3N7O. The van der Waals surface area contributed by atoms with Crippen molar-refractivity contribution in [1.29, 1.82) is 0 Å². The SMILES string of the molecule is O=C(NCC(F)(F)F)C1CCCN(c2nc[nH]c3nnc4nccc4c23)C1. The van der Waals surface area contributed by atoms with Gasteiger partial charge >= 0.3 is 6.18 Å². The highest BCUT2D eigenvalue weighted by atomic mass is 19.4. The zero-order chi connectivity index (χ0) is 19.0. The van der Waals surface area contributed by atoms with Crippen LogP contribution in [0.25, 0.3) is 22.1 Å². The van der Waals surface area contributed by atoms with Gasteiger partial charge in [-0.05, 0) is 18.9 Å². The molecule has 1 amide bonds. The van der Waals surface area contributed by atoms with Gasteiger partial charge in [0.25, 0.3) is 0 Å². The second kappa shape index (κ2) is 6.63. The van der Waals surface area contributed by atoms with Gasteiger partial charge in [0.2, 0.25) is 5.91 Å². The Bertz CT molecular complexity index is 987. The van der Waals surface area contributed by atoms with Crippen LogP contribution in [0.2, 0.25) is 0 Å². The molecule has 3 aromatic heterocycles. The van der Waals surface area contributed by atoms with Crippen molar-refractivity contribution >= 4 is 33.8 Å². The monoisotopic (exact) mass is 379 g/mol. The Hall–Kier alpha value is -2.98. The first kappa shape index (κ1) is 17.4. The molecule has 1 unspecified atom stereocenters. The van der Waals surface area contributed by atoms with Crippen molar-refractivity contribution in [2.45, 2.75) is 19.0 Å².